The van der Waals surface area contributed by atoms with Crippen molar-refractivity contribution in [2.45, 2.75) is 6.04 Å². The van der Waals surface area contributed by atoms with Crippen LogP contribution < -0.4 is 19.7 Å². The van der Waals surface area contributed by atoms with Crippen LogP contribution >= 0.6 is 0 Å². The number of hydrogen-bond donors (Lipinski definition) is 1. The maximum absolute atomic E-state index is 13.3. The van der Waals surface area contributed by atoms with Crippen LogP contribution in [0.2, 0.25) is 0 Å². The van der Waals surface area contributed by atoms with Crippen molar-refractivity contribution in [3.63, 3.8) is 0 Å². The molecule has 184 valence electrons. The molecule has 35 heavy (non-hydrogen) atoms. The fourth-order valence-electron chi connectivity index (χ4n) is 4.22. The minimum absolute atomic E-state index is 0.0844. The normalized spacial score (nSPS) is 15.2. The molecule has 0 spiro atoms. The van der Waals surface area contributed by atoms with E-state index in [1.165, 1.54) is 18.2 Å². The molecule has 1 aliphatic rings. The summed E-state index contributed by atoms with van der Waals surface area (Å²) in [6.07, 6.45) is 4.89. The third-order valence-electron chi connectivity index (χ3n) is 6.12. The number of nitrogens with one attached hydrogen (secondary N) is 1. The predicted octanol–water partition coefficient (Wildman–Crippen LogP) is 4.13. The van der Waals surface area contributed by atoms with Crippen molar-refractivity contribution in [2.75, 3.05) is 51.8 Å². The predicted molar refractivity (Wildman–Crippen MR) is 133 cm³/mol. The van der Waals surface area contributed by atoms with Gasteiger partial charge in [0, 0.05) is 44.5 Å². The molecule has 1 unspecified atom stereocenters. The van der Waals surface area contributed by atoms with Gasteiger partial charge in [-0.25, -0.2) is 4.39 Å². The van der Waals surface area contributed by atoms with Gasteiger partial charge in [-0.3, -0.25) is 9.69 Å². The number of carbonyl (C=O) groups is 1. The molecule has 1 aliphatic heterocycles. The molecule has 1 saturated heterocycles. The highest BCUT2D eigenvalue weighted by atomic mass is 19.1. The molecule has 1 amide bonds. The zero-order valence-corrected chi connectivity index (χ0v) is 19.9. The van der Waals surface area contributed by atoms with Gasteiger partial charge in [-0.05, 0) is 60.2 Å². The highest BCUT2D eigenvalue weighted by Gasteiger charge is 2.27. The van der Waals surface area contributed by atoms with E-state index >= 15 is 0 Å². The van der Waals surface area contributed by atoms with E-state index in [2.05, 4.69) is 15.1 Å². The Bertz CT molecular complexity index is 1120. The van der Waals surface area contributed by atoms with Crippen LogP contribution in [0.25, 0.3) is 6.08 Å². The first-order valence-electron chi connectivity index (χ1n) is 11.5. The molecule has 2 aromatic carbocycles. The second-order valence-electron chi connectivity index (χ2n) is 8.22. The molecule has 0 radical (unpaired) electrons. The second kappa shape index (κ2) is 11.6. The largest absolute Gasteiger partial charge is 0.493 e. The van der Waals surface area contributed by atoms with Crippen LogP contribution in [-0.4, -0.2) is 57.8 Å². The lowest BCUT2D eigenvalue weighted by Crippen LogP contribution is -2.49. The number of amides is 1. The monoisotopic (exact) mass is 479 g/mol. The zero-order chi connectivity index (χ0) is 24.6. The van der Waals surface area contributed by atoms with Crippen molar-refractivity contribution >= 4 is 17.7 Å². The van der Waals surface area contributed by atoms with Gasteiger partial charge in [-0.2, -0.15) is 0 Å². The summed E-state index contributed by atoms with van der Waals surface area (Å²) >= 11 is 0. The van der Waals surface area contributed by atoms with Crippen LogP contribution in [0.3, 0.4) is 0 Å². The number of nitrogens with zero attached hydrogens (tertiary/aromatic N) is 2. The van der Waals surface area contributed by atoms with E-state index < -0.39 is 0 Å². The number of halogens is 1. The lowest BCUT2D eigenvalue weighted by molar-refractivity contribution is -0.116. The van der Waals surface area contributed by atoms with E-state index in [0.29, 0.717) is 18.0 Å². The number of hydrogen-bond acceptors (Lipinski definition) is 6. The first kappa shape index (κ1) is 24.3. The van der Waals surface area contributed by atoms with Crippen LogP contribution in [0.15, 0.2) is 71.4 Å². The molecule has 1 fully saturated rings. The number of rotatable bonds is 9. The standard InChI is InChI=1S/C27H30FN3O4/c1-33-25-11-5-20(18-26(25)34-2)6-12-27(32)29-19-23(24-4-3-17-35-24)31-15-13-30(14-16-31)22-9-7-21(28)8-10-22/h3-12,17-18,23H,13-16,19H2,1-2H3,(H,29,32)/b12-6+. The maximum atomic E-state index is 13.3. The van der Waals surface area contributed by atoms with Crippen LogP contribution in [0.5, 0.6) is 11.5 Å². The van der Waals surface area contributed by atoms with Gasteiger partial charge in [0.15, 0.2) is 11.5 Å². The Morgan fingerprint density at radius 3 is 2.46 bits per heavy atom. The Labute approximate surface area is 204 Å². The SMILES string of the molecule is COc1ccc(/C=C/C(=O)NCC(c2ccco2)N2CCN(c3ccc(F)cc3)CC2)cc1OC. The van der Waals surface area contributed by atoms with E-state index in [1.807, 2.05) is 24.3 Å². The number of ether oxygens (including phenoxy) is 2. The average Bonchev–Trinajstić information content (AvgIpc) is 3.43. The smallest absolute Gasteiger partial charge is 0.244 e. The van der Waals surface area contributed by atoms with Gasteiger partial charge in [0.1, 0.15) is 11.6 Å². The van der Waals surface area contributed by atoms with E-state index in [-0.39, 0.29) is 17.8 Å². The maximum Gasteiger partial charge on any atom is 0.244 e. The number of methoxy groups -OCH3 is 2. The van der Waals surface area contributed by atoms with Crippen molar-refractivity contribution in [3.8, 4) is 11.5 Å². The highest BCUT2D eigenvalue weighted by Crippen LogP contribution is 2.28. The number of furan rings is 1. The Morgan fingerprint density at radius 2 is 1.80 bits per heavy atom. The fraction of sp³-hybridized carbons (Fsp3) is 0.296. The molecule has 2 heterocycles. The molecule has 0 saturated carbocycles. The van der Waals surface area contributed by atoms with E-state index in [4.69, 9.17) is 13.9 Å². The van der Waals surface area contributed by atoms with Crippen LogP contribution in [-0.2, 0) is 4.79 Å². The van der Waals surface area contributed by atoms with Gasteiger partial charge in [-0.15, -0.1) is 0 Å². The zero-order valence-electron chi connectivity index (χ0n) is 19.9. The molecule has 1 aromatic heterocycles. The molecule has 8 heteroatoms. The van der Waals surface area contributed by atoms with Crippen LogP contribution in [0, 0.1) is 5.82 Å². The molecule has 4 rings (SSSR count). The average molecular weight is 480 g/mol. The van der Waals surface area contributed by atoms with Crippen molar-refractivity contribution in [3.05, 3.63) is 84.1 Å². The molecule has 7 nitrogen and oxygen atoms in total. The number of benzene rings is 2. The van der Waals surface area contributed by atoms with E-state index in [1.54, 1.807) is 44.8 Å². The summed E-state index contributed by atoms with van der Waals surface area (Å²) in [6, 6.07) is 15.8. The third-order valence-corrected chi connectivity index (χ3v) is 6.12. The molecular weight excluding hydrogens is 449 g/mol. The van der Waals surface area contributed by atoms with Crippen LogP contribution in [0.1, 0.15) is 17.4 Å². The second-order valence-corrected chi connectivity index (χ2v) is 8.22. The molecule has 3 aromatic rings. The van der Waals surface area contributed by atoms with Crippen molar-refractivity contribution < 1.29 is 23.1 Å². The topological polar surface area (TPSA) is 67.2 Å². The number of anilines is 1. The summed E-state index contributed by atoms with van der Waals surface area (Å²) in [4.78, 5) is 17.1. The Kier molecular flexibility index (Phi) is 8.05. The molecule has 1 N–H and O–H groups in total. The highest BCUT2D eigenvalue weighted by molar-refractivity contribution is 5.91. The van der Waals surface area contributed by atoms with Crippen molar-refractivity contribution in [1.82, 2.24) is 10.2 Å². The molecular formula is C27H30FN3O4. The first-order chi connectivity index (χ1) is 17.1. The molecule has 0 aliphatic carbocycles. The van der Waals surface area contributed by atoms with Crippen LogP contribution in [0.4, 0.5) is 10.1 Å². The summed E-state index contributed by atoms with van der Waals surface area (Å²) in [7, 11) is 3.16. The quantitative estimate of drug-likeness (QED) is 0.466. The minimum atomic E-state index is -0.235. The summed E-state index contributed by atoms with van der Waals surface area (Å²) in [6.45, 7) is 3.60. The van der Waals surface area contributed by atoms with E-state index in [9.17, 15) is 9.18 Å². The Balaban J connectivity index is 1.36. The van der Waals surface area contributed by atoms with Gasteiger partial charge in [-0.1, -0.05) is 6.07 Å². The summed E-state index contributed by atoms with van der Waals surface area (Å²) < 4.78 is 29.5. The lowest BCUT2D eigenvalue weighted by atomic mass is 10.1. The molecule has 0 bridgehead atoms. The summed E-state index contributed by atoms with van der Waals surface area (Å²) in [5, 5.41) is 3.00. The van der Waals surface area contributed by atoms with Crippen molar-refractivity contribution in [1.29, 1.82) is 0 Å². The summed E-state index contributed by atoms with van der Waals surface area (Å²) in [5.41, 5.74) is 1.84. The van der Waals surface area contributed by atoms with Gasteiger partial charge in [0.25, 0.3) is 0 Å². The van der Waals surface area contributed by atoms with Crippen molar-refractivity contribution in [2.24, 2.45) is 0 Å². The third kappa shape index (κ3) is 6.22. The number of carbonyl (C=O) groups excluding carboxylic acids is 1. The van der Waals surface area contributed by atoms with Gasteiger partial charge < -0.3 is 24.1 Å². The first-order valence-corrected chi connectivity index (χ1v) is 11.5. The van der Waals surface area contributed by atoms with Gasteiger partial charge in [0.2, 0.25) is 5.91 Å². The number of piperazine rings is 1. The van der Waals surface area contributed by atoms with Gasteiger partial charge >= 0.3 is 0 Å². The molecule has 1 atom stereocenters. The summed E-state index contributed by atoms with van der Waals surface area (Å²) in [5.74, 6) is 1.62. The van der Waals surface area contributed by atoms with Gasteiger partial charge in [0.05, 0.1) is 26.5 Å². The Hall–Kier alpha value is -3.78. The minimum Gasteiger partial charge on any atom is -0.493 e. The lowest BCUT2D eigenvalue weighted by Gasteiger charge is -2.39. The fourth-order valence-corrected chi connectivity index (χ4v) is 4.22. The Morgan fingerprint density at radius 1 is 1.06 bits per heavy atom. The van der Waals surface area contributed by atoms with E-state index in [0.717, 1.165) is 43.2 Å².